The van der Waals surface area contributed by atoms with Gasteiger partial charge in [0.15, 0.2) is 5.16 Å². The van der Waals surface area contributed by atoms with Crippen LogP contribution in [0.3, 0.4) is 0 Å². The number of hydrazine groups is 1. The predicted octanol–water partition coefficient (Wildman–Crippen LogP) is 2.33. The summed E-state index contributed by atoms with van der Waals surface area (Å²) in [6.45, 7) is 2.43. The fraction of sp³-hybridized carbons (Fsp3) is 0.158. The lowest BCUT2D eigenvalue weighted by Gasteiger charge is -2.09. The molecule has 0 unspecified atom stereocenters. The van der Waals surface area contributed by atoms with Gasteiger partial charge in [-0.15, -0.1) is 10.2 Å². The maximum Gasteiger partial charge on any atom is 0.272 e. The van der Waals surface area contributed by atoms with Gasteiger partial charge in [0, 0.05) is 0 Å². The maximum atomic E-state index is 13.6. The molecule has 2 aromatic carbocycles. The van der Waals surface area contributed by atoms with Crippen LogP contribution in [0.2, 0.25) is 0 Å². The van der Waals surface area contributed by atoms with E-state index in [1.54, 1.807) is 0 Å². The Kier molecular flexibility index (Phi) is 6.38. The summed E-state index contributed by atoms with van der Waals surface area (Å²) in [5.74, 6) is -1.07. The monoisotopic (exact) mass is 399 g/mol. The fourth-order valence-corrected chi connectivity index (χ4v) is 3.21. The van der Waals surface area contributed by atoms with Crippen molar-refractivity contribution in [2.75, 3.05) is 5.75 Å². The van der Waals surface area contributed by atoms with Gasteiger partial charge in [-0.25, -0.2) is 4.39 Å². The van der Waals surface area contributed by atoms with Gasteiger partial charge in [-0.3, -0.25) is 20.4 Å². The molecule has 0 aliphatic heterocycles. The summed E-state index contributed by atoms with van der Waals surface area (Å²) in [5, 5.41) is 8.75. The number of nitrogens with zero attached hydrogens (tertiary/aromatic N) is 3. The van der Waals surface area contributed by atoms with E-state index < -0.39 is 17.6 Å². The molecule has 0 saturated heterocycles. The number of aryl methyl sites for hydroxylation is 1. The third kappa shape index (κ3) is 4.95. The first-order valence-electron chi connectivity index (χ1n) is 8.45. The Labute approximate surface area is 165 Å². The largest absolute Gasteiger partial charge is 0.302 e. The van der Waals surface area contributed by atoms with Crippen LogP contribution in [0.25, 0.3) is 0 Å². The molecular weight excluding hydrogens is 381 g/mol. The molecule has 0 radical (unpaired) electrons. The first-order valence-corrected chi connectivity index (χ1v) is 9.43. The molecule has 0 aliphatic carbocycles. The zero-order valence-electron chi connectivity index (χ0n) is 15.1. The van der Waals surface area contributed by atoms with E-state index in [0.717, 1.165) is 11.4 Å². The summed E-state index contributed by atoms with van der Waals surface area (Å²) in [6.07, 6.45) is 0. The lowest BCUT2D eigenvalue weighted by atomic mass is 10.2. The lowest BCUT2D eigenvalue weighted by Crippen LogP contribution is -2.42. The molecular formula is C19H18FN5O2S. The summed E-state index contributed by atoms with van der Waals surface area (Å²) in [5.41, 5.74) is 5.42. The quantitative estimate of drug-likeness (QED) is 0.491. The van der Waals surface area contributed by atoms with Gasteiger partial charge >= 0.3 is 0 Å². The van der Waals surface area contributed by atoms with Crippen LogP contribution >= 0.6 is 11.8 Å². The van der Waals surface area contributed by atoms with Crippen molar-refractivity contribution in [3.8, 4) is 0 Å². The second-order valence-corrected chi connectivity index (χ2v) is 6.81. The number of halogens is 1. The Balaban J connectivity index is 1.54. The van der Waals surface area contributed by atoms with Crippen LogP contribution in [0.5, 0.6) is 0 Å². The minimum absolute atomic E-state index is 0.0183. The Bertz CT molecular complexity index is 977. The number of benzene rings is 2. The van der Waals surface area contributed by atoms with Crippen molar-refractivity contribution in [3.05, 3.63) is 77.4 Å². The molecule has 0 fully saturated rings. The Morgan fingerprint density at radius 2 is 1.75 bits per heavy atom. The number of rotatable bonds is 6. The minimum Gasteiger partial charge on any atom is -0.302 e. The summed E-state index contributed by atoms with van der Waals surface area (Å²) in [4.78, 5) is 23.9. The van der Waals surface area contributed by atoms with Crippen molar-refractivity contribution in [1.82, 2.24) is 25.6 Å². The normalized spacial score (nSPS) is 10.5. The molecule has 7 nitrogen and oxygen atoms in total. The number of amides is 2. The van der Waals surface area contributed by atoms with E-state index in [2.05, 4.69) is 21.0 Å². The highest BCUT2D eigenvalue weighted by Gasteiger charge is 2.14. The molecule has 0 spiro atoms. The predicted molar refractivity (Wildman–Crippen MR) is 103 cm³/mol. The van der Waals surface area contributed by atoms with Crippen LogP contribution in [0.15, 0.2) is 59.8 Å². The molecule has 3 rings (SSSR count). The first kappa shape index (κ1) is 19.6. The molecule has 2 amide bonds. The third-order valence-corrected chi connectivity index (χ3v) is 4.82. The second-order valence-electron chi connectivity index (χ2n) is 5.87. The van der Waals surface area contributed by atoms with Crippen LogP contribution in [-0.2, 0) is 11.3 Å². The van der Waals surface area contributed by atoms with Gasteiger partial charge in [0.2, 0.25) is 5.91 Å². The van der Waals surface area contributed by atoms with Crippen molar-refractivity contribution in [2.45, 2.75) is 18.6 Å². The standard InChI is InChI=1S/C19H18FN5O2S/c1-13-21-24-19(25(13)11-14-7-3-2-4-8-14)28-12-17(26)22-23-18(27)15-9-5-6-10-16(15)20/h2-10H,11-12H2,1H3,(H,22,26)(H,23,27). The van der Waals surface area contributed by atoms with Crippen molar-refractivity contribution < 1.29 is 14.0 Å². The van der Waals surface area contributed by atoms with E-state index in [0.29, 0.717) is 11.7 Å². The van der Waals surface area contributed by atoms with Gasteiger partial charge in [0.1, 0.15) is 11.6 Å². The van der Waals surface area contributed by atoms with Crippen LogP contribution in [0.1, 0.15) is 21.7 Å². The molecule has 2 N–H and O–H groups in total. The molecule has 28 heavy (non-hydrogen) atoms. The van der Waals surface area contributed by atoms with Crippen LogP contribution in [0, 0.1) is 12.7 Å². The average Bonchev–Trinajstić information content (AvgIpc) is 3.05. The average molecular weight is 399 g/mol. The lowest BCUT2D eigenvalue weighted by molar-refractivity contribution is -0.119. The van der Waals surface area contributed by atoms with E-state index in [1.807, 2.05) is 41.8 Å². The Morgan fingerprint density at radius 1 is 1.04 bits per heavy atom. The van der Waals surface area contributed by atoms with Crippen LogP contribution < -0.4 is 10.9 Å². The molecule has 1 heterocycles. The highest BCUT2D eigenvalue weighted by molar-refractivity contribution is 7.99. The number of carbonyl (C=O) groups is 2. The summed E-state index contributed by atoms with van der Waals surface area (Å²) >= 11 is 1.20. The highest BCUT2D eigenvalue weighted by Crippen LogP contribution is 2.18. The number of nitrogens with one attached hydrogen (secondary N) is 2. The van der Waals surface area contributed by atoms with Crippen LogP contribution in [0.4, 0.5) is 4.39 Å². The zero-order valence-corrected chi connectivity index (χ0v) is 15.9. The van der Waals surface area contributed by atoms with E-state index >= 15 is 0 Å². The number of hydrogen-bond acceptors (Lipinski definition) is 5. The maximum absolute atomic E-state index is 13.6. The molecule has 3 aromatic rings. The second kappa shape index (κ2) is 9.14. The minimum atomic E-state index is -0.723. The SMILES string of the molecule is Cc1nnc(SCC(=O)NNC(=O)c2ccccc2F)n1Cc1ccccc1. The summed E-state index contributed by atoms with van der Waals surface area (Å²) in [7, 11) is 0. The van der Waals surface area contributed by atoms with E-state index in [9.17, 15) is 14.0 Å². The Hall–Kier alpha value is -3.20. The molecule has 1 aromatic heterocycles. The zero-order chi connectivity index (χ0) is 19.9. The van der Waals surface area contributed by atoms with Gasteiger partial charge in [-0.2, -0.15) is 0 Å². The molecule has 0 saturated carbocycles. The van der Waals surface area contributed by atoms with Crippen molar-refractivity contribution in [2.24, 2.45) is 0 Å². The number of aromatic nitrogens is 3. The molecule has 144 valence electrons. The topological polar surface area (TPSA) is 88.9 Å². The number of carbonyl (C=O) groups excluding carboxylic acids is 2. The summed E-state index contributed by atoms with van der Waals surface area (Å²) < 4.78 is 15.5. The van der Waals surface area contributed by atoms with Gasteiger partial charge in [-0.1, -0.05) is 54.2 Å². The molecule has 0 aliphatic rings. The van der Waals surface area contributed by atoms with Gasteiger partial charge in [0.05, 0.1) is 17.9 Å². The van der Waals surface area contributed by atoms with Gasteiger partial charge < -0.3 is 4.57 Å². The smallest absolute Gasteiger partial charge is 0.272 e. The first-order chi connectivity index (χ1) is 13.5. The fourth-order valence-electron chi connectivity index (χ4n) is 2.42. The molecule has 0 bridgehead atoms. The molecule has 9 heteroatoms. The number of hydrogen-bond donors (Lipinski definition) is 2. The van der Waals surface area contributed by atoms with E-state index in [1.165, 1.54) is 36.0 Å². The van der Waals surface area contributed by atoms with Crippen molar-refractivity contribution in [1.29, 1.82) is 0 Å². The van der Waals surface area contributed by atoms with Crippen molar-refractivity contribution in [3.63, 3.8) is 0 Å². The summed E-state index contributed by atoms with van der Waals surface area (Å²) in [6, 6.07) is 15.4. The van der Waals surface area contributed by atoms with Gasteiger partial charge in [0.25, 0.3) is 5.91 Å². The number of thioether (sulfide) groups is 1. The van der Waals surface area contributed by atoms with Crippen molar-refractivity contribution >= 4 is 23.6 Å². The Morgan fingerprint density at radius 3 is 2.50 bits per heavy atom. The van der Waals surface area contributed by atoms with Crippen LogP contribution in [-0.4, -0.2) is 32.3 Å². The highest BCUT2D eigenvalue weighted by atomic mass is 32.2. The third-order valence-electron chi connectivity index (χ3n) is 3.85. The van der Waals surface area contributed by atoms with E-state index in [-0.39, 0.29) is 11.3 Å². The van der Waals surface area contributed by atoms with E-state index in [4.69, 9.17) is 0 Å². The molecule has 0 atom stereocenters. The van der Waals surface area contributed by atoms with Gasteiger partial charge in [-0.05, 0) is 24.6 Å².